The van der Waals surface area contributed by atoms with Gasteiger partial charge in [-0.1, -0.05) is 87.4 Å². The number of amides is 4. The minimum atomic E-state index is -1.21. The van der Waals surface area contributed by atoms with Gasteiger partial charge in [0, 0.05) is 19.5 Å². The third kappa shape index (κ3) is 11.8. The average molecular weight is 734 g/mol. The first-order valence-corrected chi connectivity index (χ1v) is 19.0. The quantitative estimate of drug-likeness (QED) is 0.105. The number of carboxylic acid groups (broad SMARTS) is 1. The summed E-state index contributed by atoms with van der Waals surface area (Å²) in [5, 5.41) is 18.2. The van der Waals surface area contributed by atoms with Gasteiger partial charge in [0.2, 0.25) is 23.6 Å². The normalized spacial score (nSPS) is 18.3. The summed E-state index contributed by atoms with van der Waals surface area (Å²) in [6.07, 6.45) is 5.53. The molecule has 2 aromatic rings. The van der Waals surface area contributed by atoms with E-state index in [4.69, 9.17) is 17.2 Å². The van der Waals surface area contributed by atoms with Crippen molar-refractivity contribution >= 4 is 29.6 Å². The second-order valence-corrected chi connectivity index (χ2v) is 15.6. The van der Waals surface area contributed by atoms with E-state index in [0.717, 1.165) is 24.0 Å². The minimum Gasteiger partial charge on any atom is -0.480 e. The maximum Gasteiger partial charge on any atom is 0.323 e. The summed E-state index contributed by atoms with van der Waals surface area (Å²) in [6.45, 7) is 5.31. The van der Waals surface area contributed by atoms with Gasteiger partial charge < -0.3 is 43.2 Å². The monoisotopic (exact) mass is 733 g/mol. The molecule has 0 aromatic heterocycles. The van der Waals surface area contributed by atoms with Crippen LogP contribution in [0.25, 0.3) is 0 Å². The van der Waals surface area contributed by atoms with Gasteiger partial charge in [-0.3, -0.25) is 24.0 Å². The zero-order chi connectivity index (χ0) is 38.6. The predicted octanol–water partition coefficient (Wildman–Crippen LogP) is 2.00. The first-order valence-electron chi connectivity index (χ1n) is 19.0. The lowest BCUT2D eigenvalue weighted by Gasteiger charge is -2.55. The number of carbonyl (C=O) groups is 5. The van der Waals surface area contributed by atoms with E-state index in [-0.39, 0.29) is 23.7 Å². The van der Waals surface area contributed by atoms with Crippen molar-refractivity contribution in [2.45, 2.75) is 114 Å². The molecule has 13 nitrogen and oxygen atoms in total. The largest absolute Gasteiger partial charge is 0.480 e. The molecular weight excluding hydrogens is 674 g/mol. The van der Waals surface area contributed by atoms with Crippen LogP contribution in [0.3, 0.4) is 0 Å². The Morgan fingerprint density at radius 3 is 1.83 bits per heavy atom. The summed E-state index contributed by atoms with van der Waals surface area (Å²) in [5.41, 5.74) is 18.4. The average Bonchev–Trinajstić information content (AvgIpc) is 3.12. The molecule has 1 aliphatic carbocycles. The molecular formula is C40H59N7O6. The number of benzene rings is 2. The van der Waals surface area contributed by atoms with Crippen LogP contribution >= 0.6 is 0 Å². The number of nitrogens with two attached hydrogens (primary N) is 3. The van der Waals surface area contributed by atoms with Gasteiger partial charge in [-0.2, -0.15) is 0 Å². The molecule has 53 heavy (non-hydrogen) atoms. The Balaban J connectivity index is 1.46. The molecule has 0 unspecified atom stereocenters. The van der Waals surface area contributed by atoms with Crippen molar-refractivity contribution in [3.63, 3.8) is 0 Å². The fourth-order valence-corrected chi connectivity index (χ4v) is 7.69. The molecule has 2 aromatic carbocycles. The first kappa shape index (κ1) is 41.4. The van der Waals surface area contributed by atoms with Crippen LogP contribution in [0, 0.1) is 11.3 Å². The second kappa shape index (κ2) is 19.1. The SMILES string of the molecule is CC(C)C[C@@H](NC(=O)[C@@H](Cc1ccccc1)NC(=O)[C@H](N)Cc1ccccc1)C(=O)N[C@H](CCCCCN)C(=O)N1CCC2(CC1)CC(N)(C(=O)O)C2. The van der Waals surface area contributed by atoms with Crippen molar-refractivity contribution in [1.82, 2.24) is 20.9 Å². The fraction of sp³-hybridized carbons (Fsp3) is 0.575. The first-order chi connectivity index (χ1) is 25.2. The molecule has 1 saturated carbocycles. The van der Waals surface area contributed by atoms with Crippen molar-refractivity contribution in [2.75, 3.05) is 19.6 Å². The highest BCUT2D eigenvalue weighted by Crippen LogP contribution is 2.53. The molecule has 2 fully saturated rings. The highest BCUT2D eigenvalue weighted by Gasteiger charge is 2.57. The van der Waals surface area contributed by atoms with Gasteiger partial charge in [0.05, 0.1) is 6.04 Å². The number of hydrogen-bond donors (Lipinski definition) is 7. The molecule has 0 bridgehead atoms. The van der Waals surface area contributed by atoms with E-state index >= 15 is 0 Å². The Bertz CT molecular complexity index is 1520. The molecule has 290 valence electrons. The van der Waals surface area contributed by atoms with Crippen LogP contribution in [0.1, 0.15) is 82.8 Å². The number of hydrogen-bond acceptors (Lipinski definition) is 8. The number of nitrogens with one attached hydrogen (secondary N) is 3. The number of piperidine rings is 1. The van der Waals surface area contributed by atoms with Gasteiger partial charge in [0.25, 0.3) is 0 Å². The molecule has 10 N–H and O–H groups in total. The van der Waals surface area contributed by atoms with E-state index < -0.39 is 53.4 Å². The summed E-state index contributed by atoms with van der Waals surface area (Å²) in [5.74, 6) is -2.66. The summed E-state index contributed by atoms with van der Waals surface area (Å²) in [7, 11) is 0. The van der Waals surface area contributed by atoms with Gasteiger partial charge in [-0.25, -0.2) is 0 Å². The molecule has 2 aliphatic rings. The molecule has 1 spiro atoms. The topological polar surface area (TPSA) is 223 Å². The lowest BCUT2D eigenvalue weighted by molar-refractivity contribution is -0.158. The molecule has 4 rings (SSSR count). The van der Waals surface area contributed by atoms with Gasteiger partial charge in [-0.15, -0.1) is 0 Å². The van der Waals surface area contributed by atoms with Crippen molar-refractivity contribution in [3.8, 4) is 0 Å². The molecule has 4 amide bonds. The van der Waals surface area contributed by atoms with Crippen LogP contribution in [0.2, 0.25) is 0 Å². The summed E-state index contributed by atoms with van der Waals surface area (Å²) in [4.78, 5) is 68.6. The fourth-order valence-electron chi connectivity index (χ4n) is 7.69. The van der Waals surface area contributed by atoms with Gasteiger partial charge in [0.15, 0.2) is 0 Å². The second-order valence-electron chi connectivity index (χ2n) is 15.6. The van der Waals surface area contributed by atoms with Gasteiger partial charge in [0.1, 0.15) is 23.7 Å². The van der Waals surface area contributed by atoms with Crippen LogP contribution in [-0.4, -0.2) is 88.9 Å². The highest BCUT2D eigenvalue weighted by atomic mass is 16.4. The standard InChI is InChI=1S/C40H59N7O6/c1-27(2)22-32(46-36(50)33(24-29-14-8-4-9-15-29)45-34(48)30(42)23-28-12-6-3-7-13-28)35(49)44-31(16-10-5-11-19-41)37(51)47-20-17-39(18-21-47)25-40(43,26-39)38(52)53/h3-4,6-9,12-15,27,30-33H,5,10-11,16-26,41-43H2,1-2H3,(H,44,49)(H,45,48)(H,46,50)(H,52,53)/t30-,31-,32-,33-/m1/s1. The number of aliphatic carboxylic acids is 1. The smallest absolute Gasteiger partial charge is 0.323 e. The van der Waals surface area contributed by atoms with Crippen molar-refractivity contribution in [2.24, 2.45) is 28.5 Å². The lowest BCUT2D eigenvalue weighted by atomic mass is 9.54. The third-order valence-corrected chi connectivity index (χ3v) is 10.6. The summed E-state index contributed by atoms with van der Waals surface area (Å²) in [6, 6.07) is 15.0. The minimum absolute atomic E-state index is 0.0208. The number of nitrogens with zero attached hydrogens (tertiary/aromatic N) is 1. The Labute approximate surface area is 313 Å². The molecule has 0 radical (unpaired) electrons. The molecule has 1 saturated heterocycles. The Morgan fingerprint density at radius 1 is 0.755 bits per heavy atom. The summed E-state index contributed by atoms with van der Waals surface area (Å²) < 4.78 is 0. The molecule has 4 atom stereocenters. The van der Waals surface area contributed by atoms with E-state index in [2.05, 4.69) is 16.0 Å². The number of carboxylic acids is 1. The zero-order valence-corrected chi connectivity index (χ0v) is 31.2. The van der Waals surface area contributed by atoms with E-state index in [1.54, 1.807) is 4.90 Å². The molecule has 13 heteroatoms. The Kier molecular flexibility index (Phi) is 15.0. The molecule has 1 aliphatic heterocycles. The van der Waals surface area contributed by atoms with Crippen LogP contribution in [0.4, 0.5) is 0 Å². The number of carbonyl (C=O) groups excluding carboxylic acids is 4. The third-order valence-electron chi connectivity index (χ3n) is 10.6. The van der Waals surface area contributed by atoms with Crippen molar-refractivity contribution in [3.05, 3.63) is 71.8 Å². The number of rotatable bonds is 19. The highest BCUT2D eigenvalue weighted by molar-refractivity contribution is 5.95. The van der Waals surface area contributed by atoms with Crippen molar-refractivity contribution < 1.29 is 29.1 Å². The van der Waals surface area contributed by atoms with Crippen LogP contribution in [-0.2, 0) is 36.8 Å². The van der Waals surface area contributed by atoms with Crippen LogP contribution < -0.4 is 33.2 Å². The van der Waals surface area contributed by atoms with Crippen molar-refractivity contribution in [1.29, 1.82) is 0 Å². The number of likely N-dealkylation sites (tertiary alicyclic amines) is 1. The van der Waals surface area contributed by atoms with Gasteiger partial charge >= 0.3 is 5.97 Å². The van der Waals surface area contributed by atoms with Crippen LogP contribution in [0.15, 0.2) is 60.7 Å². The lowest BCUT2D eigenvalue weighted by Crippen LogP contribution is -2.65. The maximum absolute atomic E-state index is 14.0. The van der Waals surface area contributed by atoms with E-state index in [0.29, 0.717) is 71.0 Å². The van der Waals surface area contributed by atoms with Gasteiger partial charge in [-0.05, 0) is 80.4 Å². The maximum atomic E-state index is 14.0. The Hall–Kier alpha value is -4.33. The van der Waals surface area contributed by atoms with E-state index in [9.17, 15) is 29.1 Å². The van der Waals surface area contributed by atoms with E-state index in [1.165, 1.54) is 0 Å². The Morgan fingerprint density at radius 2 is 1.28 bits per heavy atom. The molecule has 1 heterocycles. The predicted molar refractivity (Wildman–Crippen MR) is 203 cm³/mol. The van der Waals surface area contributed by atoms with E-state index in [1.807, 2.05) is 74.5 Å². The zero-order valence-electron chi connectivity index (χ0n) is 31.2. The summed E-state index contributed by atoms with van der Waals surface area (Å²) >= 11 is 0. The number of unbranched alkanes of at least 4 members (excludes halogenated alkanes) is 2. The van der Waals surface area contributed by atoms with Crippen LogP contribution in [0.5, 0.6) is 0 Å².